The molecule has 35 heavy (non-hydrogen) atoms. The summed E-state index contributed by atoms with van der Waals surface area (Å²) in [6.07, 6.45) is 5.53. The third-order valence-electron chi connectivity index (χ3n) is 5.55. The van der Waals surface area contributed by atoms with E-state index >= 15 is 0 Å². The Morgan fingerprint density at radius 1 is 1.06 bits per heavy atom. The van der Waals surface area contributed by atoms with E-state index in [1.54, 1.807) is 5.41 Å². The molecule has 3 amide bonds. The minimum Gasteiger partial charge on any atom is -0.481 e. The van der Waals surface area contributed by atoms with Crippen molar-refractivity contribution in [2.45, 2.75) is 64.0 Å². The van der Waals surface area contributed by atoms with Crippen LogP contribution >= 0.6 is 11.9 Å². The van der Waals surface area contributed by atoms with Gasteiger partial charge < -0.3 is 32.3 Å². The Bertz CT molecular complexity index is 918. The molecular weight excluding hydrogens is 478 g/mol. The van der Waals surface area contributed by atoms with Crippen LogP contribution in [0, 0.1) is 5.41 Å². The summed E-state index contributed by atoms with van der Waals surface area (Å²) in [5.41, 5.74) is 12.4. The highest BCUT2D eigenvalue weighted by molar-refractivity contribution is 8.00. The Morgan fingerprint density at radius 2 is 1.66 bits per heavy atom. The first kappa shape index (κ1) is 29.7. The number of amides is 3. The molecule has 0 aromatic rings. The topological polar surface area (TPSA) is 228 Å². The second-order valence-corrected chi connectivity index (χ2v) is 8.90. The number of aliphatic carboxylic acids is 2. The lowest BCUT2D eigenvalue weighted by molar-refractivity contribution is -0.139. The van der Waals surface area contributed by atoms with Crippen molar-refractivity contribution in [2.75, 3.05) is 0 Å². The number of hydrogen-bond acceptors (Lipinski definition) is 8. The molecule has 0 heterocycles. The summed E-state index contributed by atoms with van der Waals surface area (Å²) in [7, 11) is 0. The van der Waals surface area contributed by atoms with Gasteiger partial charge in [-0.1, -0.05) is 42.7 Å². The largest absolute Gasteiger partial charge is 0.481 e. The lowest BCUT2D eigenvalue weighted by Gasteiger charge is -2.28. The smallest absolute Gasteiger partial charge is 0.303 e. The molecular formula is C22H33N5O7S. The minimum atomic E-state index is -1.27. The number of hydrogen-bond donors (Lipinski definition) is 7. The van der Waals surface area contributed by atoms with E-state index in [4.69, 9.17) is 26.8 Å². The van der Waals surface area contributed by atoms with Gasteiger partial charge >= 0.3 is 11.9 Å². The van der Waals surface area contributed by atoms with Crippen molar-refractivity contribution >= 4 is 41.6 Å². The zero-order valence-electron chi connectivity index (χ0n) is 19.5. The maximum absolute atomic E-state index is 12.6. The molecule has 0 saturated carbocycles. The first-order valence-electron chi connectivity index (χ1n) is 10.9. The predicted octanol–water partition coefficient (Wildman–Crippen LogP) is 0.251. The summed E-state index contributed by atoms with van der Waals surface area (Å²) in [6.45, 7) is 1.97. The monoisotopic (exact) mass is 511 g/mol. The molecule has 1 aliphatic rings. The highest BCUT2D eigenvalue weighted by Crippen LogP contribution is 2.35. The Labute approximate surface area is 207 Å². The molecule has 0 radical (unpaired) electrons. The number of nitrogens with one attached hydrogen (secondary N) is 2. The molecule has 0 aliphatic heterocycles. The number of carbonyl (C=O) groups excluding carboxylic acids is 3. The molecule has 0 aromatic heterocycles. The van der Waals surface area contributed by atoms with Crippen molar-refractivity contribution in [2.24, 2.45) is 22.0 Å². The zero-order valence-corrected chi connectivity index (χ0v) is 20.3. The van der Waals surface area contributed by atoms with Gasteiger partial charge in [0.1, 0.15) is 12.1 Å². The molecule has 1 rings (SSSR count). The molecule has 2 unspecified atom stereocenters. The van der Waals surface area contributed by atoms with Crippen molar-refractivity contribution < 1.29 is 34.2 Å². The van der Waals surface area contributed by atoms with Gasteiger partial charge in [-0.25, -0.2) is 0 Å². The van der Waals surface area contributed by atoms with Gasteiger partial charge in [0, 0.05) is 35.8 Å². The molecule has 3 atom stereocenters. The van der Waals surface area contributed by atoms with Gasteiger partial charge in [0.15, 0.2) is 0 Å². The molecule has 0 saturated heterocycles. The molecule has 0 fully saturated rings. The highest BCUT2D eigenvalue weighted by Gasteiger charge is 2.28. The van der Waals surface area contributed by atoms with E-state index in [1.165, 1.54) is 0 Å². The number of carboxylic acids is 2. The Morgan fingerprint density at radius 3 is 2.14 bits per heavy atom. The summed E-state index contributed by atoms with van der Waals surface area (Å²) in [5, 5.41) is 29.7. The molecule has 10 N–H and O–H groups in total. The van der Waals surface area contributed by atoms with Crippen LogP contribution in [0.25, 0.3) is 0 Å². The van der Waals surface area contributed by atoms with Gasteiger partial charge in [-0.15, -0.1) is 0 Å². The standard InChI is InChI=1S/C22H33N5O7S/c1-22(16(23)12-35-25)10-8-13(9-11-22)2-5-17(28)26-15(4-7-19(31)32)21(34)27-14(20(24)33)3-6-18(29)30/h8-10,12,14-15H,2-7,11,23,25H2,1H3,(H2,24,33)(H,26,28)(H,27,34)(H,29,30)(H,31,32)/b16-12-/t14-,15?,22?/m0/s1. The Kier molecular flexibility index (Phi) is 12.0. The fourth-order valence-corrected chi connectivity index (χ4v) is 3.68. The second-order valence-electron chi connectivity index (χ2n) is 8.39. The van der Waals surface area contributed by atoms with Crippen LogP contribution in [0.2, 0.25) is 0 Å². The van der Waals surface area contributed by atoms with Gasteiger partial charge in [0.2, 0.25) is 17.7 Å². The van der Waals surface area contributed by atoms with Crippen molar-refractivity contribution in [3.05, 3.63) is 34.9 Å². The second kappa shape index (κ2) is 14.2. The van der Waals surface area contributed by atoms with Crippen LogP contribution in [-0.4, -0.2) is 52.0 Å². The molecule has 0 bridgehead atoms. The van der Waals surface area contributed by atoms with Crippen LogP contribution in [0.15, 0.2) is 34.9 Å². The van der Waals surface area contributed by atoms with Crippen molar-refractivity contribution in [3.8, 4) is 0 Å². The first-order chi connectivity index (χ1) is 16.4. The SMILES string of the molecule is CC1(/C(N)=C/SN)C=CC(CCC(=O)NC(CCC(=O)O)C(=O)N[C@@H](CCC(=O)O)C(N)=O)=CC1. The average molecular weight is 512 g/mol. The number of nitrogens with two attached hydrogens (primary N) is 3. The van der Waals surface area contributed by atoms with Crippen LogP contribution in [0.5, 0.6) is 0 Å². The number of primary amides is 1. The van der Waals surface area contributed by atoms with Crippen molar-refractivity contribution in [1.29, 1.82) is 0 Å². The quantitative estimate of drug-likeness (QED) is 0.148. The fraction of sp³-hybridized carbons (Fsp3) is 0.500. The van der Waals surface area contributed by atoms with E-state index in [0.717, 1.165) is 17.5 Å². The van der Waals surface area contributed by atoms with Crippen LogP contribution in [0.3, 0.4) is 0 Å². The Hall–Kier alpha value is -3.32. The van der Waals surface area contributed by atoms with Crippen molar-refractivity contribution in [1.82, 2.24) is 10.6 Å². The number of carboxylic acid groups (broad SMARTS) is 2. The fourth-order valence-electron chi connectivity index (χ4n) is 3.26. The van der Waals surface area contributed by atoms with Gasteiger partial charge in [-0.2, -0.15) is 0 Å². The zero-order chi connectivity index (χ0) is 26.6. The van der Waals surface area contributed by atoms with E-state index < -0.39 is 54.6 Å². The van der Waals surface area contributed by atoms with Gasteiger partial charge in [-0.05, 0) is 25.7 Å². The molecule has 13 heteroatoms. The normalized spacial score (nSPS) is 19.3. The summed E-state index contributed by atoms with van der Waals surface area (Å²) in [4.78, 5) is 58.4. The average Bonchev–Trinajstić information content (AvgIpc) is 2.78. The maximum atomic E-state index is 12.6. The van der Waals surface area contributed by atoms with E-state index in [-0.39, 0.29) is 24.7 Å². The van der Waals surface area contributed by atoms with E-state index in [0.29, 0.717) is 18.5 Å². The number of allylic oxidation sites excluding steroid dienone is 4. The van der Waals surface area contributed by atoms with Gasteiger partial charge in [0.05, 0.1) is 0 Å². The summed E-state index contributed by atoms with van der Waals surface area (Å²) < 4.78 is 0. The van der Waals surface area contributed by atoms with Crippen LogP contribution in [0.4, 0.5) is 0 Å². The van der Waals surface area contributed by atoms with Gasteiger partial charge in [0.25, 0.3) is 0 Å². The third kappa shape index (κ3) is 10.6. The van der Waals surface area contributed by atoms with Crippen molar-refractivity contribution in [3.63, 3.8) is 0 Å². The van der Waals surface area contributed by atoms with Crippen LogP contribution in [-0.2, 0) is 24.0 Å². The van der Waals surface area contributed by atoms with Gasteiger partial charge in [-0.3, -0.25) is 29.1 Å². The number of carbonyl (C=O) groups is 5. The lowest BCUT2D eigenvalue weighted by atomic mass is 9.79. The summed E-state index contributed by atoms with van der Waals surface area (Å²) >= 11 is 1.02. The first-order valence-corrected chi connectivity index (χ1v) is 11.8. The maximum Gasteiger partial charge on any atom is 0.303 e. The predicted molar refractivity (Wildman–Crippen MR) is 130 cm³/mol. The number of rotatable bonds is 15. The highest BCUT2D eigenvalue weighted by atomic mass is 32.2. The van der Waals surface area contributed by atoms with Crippen LogP contribution < -0.4 is 27.2 Å². The van der Waals surface area contributed by atoms with E-state index in [9.17, 15) is 24.0 Å². The molecule has 194 valence electrons. The molecule has 1 aliphatic carbocycles. The summed E-state index contributed by atoms with van der Waals surface area (Å²) in [6, 6.07) is -2.50. The molecule has 0 spiro atoms. The van der Waals surface area contributed by atoms with E-state index in [2.05, 4.69) is 10.6 Å². The van der Waals surface area contributed by atoms with Crippen LogP contribution in [0.1, 0.15) is 51.9 Å². The molecule has 0 aromatic carbocycles. The Balaban J connectivity index is 2.74. The third-order valence-corrected chi connectivity index (χ3v) is 5.94. The van der Waals surface area contributed by atoms with E-state index in [1.807, 2.05) is 25.2 Å². The molecule has 12 nitrogen and oxygen atoms in total. The minimum absolute atomic E-state index is 0.0337. The summed E-state index contributed by atoms with van der Waals surface area (Å²) in [5.74, 6) is -4.59. The lowest BCUT2D eigenvalue weighted by Crippen LogP contribution is -2.53.